The number of amides is 1. The average Bonchev–Trinajstić information content (AvgIpc) is 2.73. The van der Waals surface area contributed by atoms with E-state index in [0.29, 0.717) is 37.6 Å². The van der Waals surface area contributed by atoms with Crippen molar-refractivity contribution in [2.75, 3.05) is 19.7 Å². The predicted molar refractivity (Wildman–Crippen MR) is 114 cm³/mol. The second-order valence-corrected chi connectivity index (χ2v) is 7.31. The number of aliphatic carboxylic acids is 1. The van der Waals surface area contributed by atoms with E-state index in [4.69, 9.17) is 21.4 Å². The van der Waals surface area contributed by atoms with E-state index >= 15 is 0 Å². The molecule has 1 N–H and O–H groups in total. The number of hydrogen-bond donors (Lipinski definition) is 1. The van der Waals surface area contributed by atoms with E-state index in [-0.39, 0.29) is 11.8 Å². The molecule has 1 aliphatic heterocycles. The summed E-state index contributed by atoms with van der Waals surface area (Å²) >= 11 is 6.51. The fraction of sp³-hybridized carbons (Fsp3) is 0.304. The van der Waals surface area contributed by atoms with Crippen LogP contribution in [0.3, 0.4) is 0 Å². The van der Waals surface area contributed by atoms with E-state index < -0.39 is 5.97 Å². The van der Waals surface area contributed by atoms with Gasteiger partial charge >= 0.3 is 5.97 Å². The first kappa shape index (κ1) is 20.9. The van der Waals surface area contributed by atoms with Gasteiger partial charge in [0.2, 0.25) is 5.91 Å². The molecule has 0 spiro atoms. The third kappa shape index (κ3) is 4.98. The lowest BCUT2D eigenvalue weighted by molar-refractivity contribution is -0.144. The van der Waals surface area contributed by atoms with Gasteiger partial charge in [0.1, 0.15) is 5.75 Å². The number of ether oxygens (including phenoxy) is 1. The number of nitrogens with zero attached hydrogens (tertiary/aromatic N) is 1. The number of carboxylic acid groups (broad SMARTS) is 1. The molecule has 2 aromatic carbocycles. The van der Waals surface area contributed by atoms with Crippen LogP contribution in [-0.2, 0) is 9.59 Å². The fourth-order valence-corrected chi connectivity index (χ4v) is 3.82. The first-order valence-electron chi connectivity index (χ1n) is 9.71. The molecule has 1 aliphatic rings. The molecular formula is C23H24ClNO4. The molecule has 1 amide bonds. The minimum absolute atomic E-state index is 0.127. The highest BCUT2D eigenvalue weighted by Gasteiger charge is 2.26. The molecule has 0 saturated carbocycles. The Morgan fingerprint density at radius 2 is 1.90 bits per heavy atom. The standard InChI is InChI=1S/C23H24ClNO4/c1-2-29-20-9-4-3-7-18(20)22-16(6-5-8-19(22)24)10-11-21(26)25-14-12-17(13-15-25)23(27)28/h3-11,17H,2,12-15H2,1H3,(H,27,28). The van der Waals surface area contributed by atoms with Crippen molar-refractivity contribution in [2.24, 2.45) is 5.92 Å². The van der Waals surface area contributed by atoms with Gasteiger partial charge in [-0.1, -0.05) is 41.9 Å². The van der Waals surface area contributed by atoms with Crippen molar-refractivity contribution in [3.05, 3.63) is 59.1 Å². The van der Waals surface area contributed by atoms with E-state index in [1.165, 1.54) is 6.08 Å². The number of piperidine rings is 1. The van der Waals surface area contributed by atoms with Crippen molar-refractivity contribution in [1.82, 2.24) is 4.90 Å². The summed E-state index contributed by atoms with van der Waals surface area (Å²) in [6, 6.07) is 13.2. The predicted octanol–water partition coefficient (Wildman–Crippen LogP) is 4.74. The summed E-state index contributed by atoms with van der Waals surface area (Å²) in [6.45, 7) is 3.37. The smallest absolute Gasteiger partial charge is 0.306 e. The third-order valence-corrected chi connectivity index (χ3v) is 5.38. The van der Waals surface area contributed by atoms with E-state index in [0.717, 1.165) is 22.4 Å². The maximum Gasteiger partial charge on any atom is 0.306 e. The first-order chi connectivity index (χ1) is 14.0. The van der Waals surface area contributed by atoms with Gasteiger partial charge in [-0.15, -0.1) is 0 Å². The zero-order valence-corrected chi connectivity index (χ0v) is 17.1. The van der Waals surface area contributed by atoms with Crippen LogP contribution in [0.5, 0.6) is 5.75 Å². The number of likely N-dealkylation sites (tertiary alicyclic amines) is 1. The van der Waals surface area contributed by atoms with Crippen LogP contribution in [0.25, 0.3) is 17.2 Å². The Hall–Kier alpha value is -2.79. The van der Waals surface area contributed by atoms with Gasteiger partial charge in [-0.05, 0) is 43.5 Å². The summed E-state index contributed by atoms with van der Waals surface area (Å²) in [5.74, 6) is -0.542. The molecule has 3 rings (SSSR count). The molecule has 0 bridgehead atoms. The third-order valence-electron chi connectivity index (χ3n) is 5.06. The SMILES string of the molecule is CCOc1ccccc1-c1c(Cl)cccc1C=CC(=O)N1CCC(C(=O)O)CC1. The summed E-state index contributed by atoms with van der Waals surface area (Å²) in [6.07, 6.45) is 4.26. The van der Waals surface area contributed by atoms with Crippen molar-refractivity contribution >= 4 is 29.6 Å². The van der Waals surface area contributed by atoms with Crippen LogP contribution in [0.2, 0.25) is 5.02 Å². The molecule has 152 valence electrons. The molecule has 0 aromatic heterocycles. The van der Waals surface area contributed by atoms with Gasteiger partial charge in [-0.2, -0.15) is 0 Å². The molecule has 1 heterocycles. The minimum Gasteiger partial charge on any atom is -0.493 e. The summed E-state index contributed by atoms with van der Waals surface area (Å²) in [5.41, 5.74) is 2.50. The second kappa shape index (κ2) is 9.61. The van der Waals surface area contributed by atoms with Crippen LogP contribution in [0.1, 0.15) is 25.3 Å². The van der Waals surface area contributed by atoms with Gasteiger partial charge < -0.3 is 14.7 Å². The Morgan fingerprint density at radius 3 is 2.59 bits per heavy atom. The molecule has 0 aliphatic carbocycles. The number of hydrogen-bond acceptors (Lipinski definition) is 3. The summed E-state index contributed by atoms with van der Waals surface area (Å²) in [4.78, 5) is 25.4. The number of para-hydroxylation sites is 1. The zero-order valence-electron chi connectivity index (χ0n) is 16.3. The van der Waals surface area contributed by atoms with Gasteiger partial charge in [-0.25, -0.2) is 0 Å². The Kier molecular flexibility index (Phi) is 6.94. The number of carbonyl (C=O) groups is 2. The maximum atomic E-state index is 12.6. The highest BCUT2D eigenvalue weighted by atomic mass is 35.5. The molecule has 0 unspecified atom stereocenters. The minimum atomic E-state index is -0.788. The summed E-state index contributed by atoms with van der Waals surface area (Å²) in [5, 5.41) is 9.68. The zero-order chi connectivity index (χ0) is 20.8. The van der Waals surface area contributed by atoms with Crippen LogP contribution >= 0.6 is 11.6 Å². The van der Waals surface area contributed by atoms with Gasteiger partial charge in [0.25, 0.3) is 0 Å². The van der Waals surface area contributed by atoms with Crippen LogP contribution < -0.4 is 4.74 Å². The Morgan fingerprint density at radius 1 is 1.17 bits per heavy atom. The molecule has 5 nitrogen and oxygen atoms in total. The number of benzene rings is 2. The van der Waals surface area contributed by atoms with E-state index in [1.54, 1.807) is 11.0 Å². The van der Waals surface area contributed by atoms with Crippen LogP contribution in [0.15, 0.2) is 48.5 Å². The molecule has 1 saturated heterocycles. The number of rotatable bonds is 6. The summed E-state index contributed by atoms with van der Waals surface area (Å²) in [7, 11) is 0. The van der Waals surface area contributed by atoms with E-state index in [2.05, 4.69) is 0 Å². The number of carbonyl (C=O) groups excluding carboxylic acids is 1. The second-order valence-electron chi connectivity index (χ2n) is 6.90. The number of halogens is 1. The van der Waals surface area contributed by atoms with E-state index in [9.17, 15) is 9.59 Å². The molecule has 2 aromatic rings. The Labute approximate surface area is 175 Å². The average molecular weight is 414 g/mol. The lowest BCUT2D eigenvalue weighted by Crippen LogP contribution is -2.39. The van der Waals surface area contributed by atoms with Crippen LogP contribution in [0, 0.1) is 5.92 Å². The molecular weight excluding hydrogens is 390 g/mol. The quantitative estimate of drug-likeness (QED) is 0.694. The van der Waals surface area contributed by atoms with Crippen molar-refractivity contribution in [1.29, 1.82) is 0 Å². The van der Waals surface area contributed by atoms with Crippen molar-refractivity contribution < 1.29 is 19.4 Å². The van der Waals surface area contributed by atoms with Gasteiger partial charge in [0, 0.05) is 35.3 Å². The van der Waals surface area contributed by atoms with E-state index in [1.807, 2.05) is 49.4 Å². The molecule has 6 heteroatoms. The fourth-order valence-electron chi connectivity index (χ4n) is 3.53. The van der Waals surface area contributed by atoms with Crippen molar-refractivity contribution in [2.45, 2.75) is 19.8 Å². The summed E-state index contributed by atoms with van der Waals surface area (Å²) < 4.78 is 5.75. The van der Waals surface area contributed by atoms with Crippen LogP contribution in [0.4, 0.5) is 0 Å². The highest BCUT2D eigenvalue weighted by molar-refractivity contribution is 6.33. The highest BCUT2D eigenvalue weighted by Crippen LogP contribution is 2.38. The van der Waals surface area contributed by atoms with Gasteiger partial charge in [0.15, 0.2) is 0 Å². The maximum absolute atomic E-state index is 12.6. The van der Waals surface area contributed by atoms with Gasteiger partial charge in [0.05, 0.1) is 12.5 Å². The Balaban J connectivity index is 1.83. The van der Waals surface area contributed by atoms with Gasteiger partial charge in [-0.3, -0.25) is 9.59 Å². The van der Waals surface area contributed by atoms with Crippen LogP contribution in [-0.4, -0.2) is 41.6 Å². The molecule has 0 atom stereocenters. The first-order valence-corrected chi connectivity index (χ1v) is 10.1. The largest absolute Gasteiger partial charge is 0.493 e. The lowest BCUT2D eigenvalue weighted by Gasteiger charge is -2.29. The lowest BCUT2D eigenvalue weighted by atomic mass is 9.96. The van der Waals surface area contributed by atoms with Crippen molar-refractivity contribution in [3.63, 3.8) is 0 Å². The number of carboxylic acids is 1. The normalized spacial score (nSPS) is 14.9. The Bertz CT molecular complexity index is 917. The topological polar surface area (TPSA) is 66.8 Å². The van der Waals surface area contributed by atoms with Crippen molar-refractivity contribution in [3.8, 4) is 16.9 Å². The monoisotopic (exact) mass is 413 g/mol. The molecule has 1 fully saturated rings. The molecule has 0 radical (unpaired) electrons. The molecule has 29 heavy (non-hydrogen) atoms.